The van der Waals surface area contributed by atoms with Crippen molar-refractivity contribution in [3.63, 3.8) is 0 Å². The summed E-state index contributed by atoms with van der Waals surface area (Å²) < 4.78 is 0. The van der Waals surface area contributed by atoms with Crippen molar-refractivity contribution in [1.29, 1.82) is 0 Å². The predicted molar refractivity (Wildman–Crippen MR) is 77.7 cm³/mol. The van der Waals surface area contributed by atoms with Crippen LogP contribution in [0.2, 0.25) is 0 Å². The number of carbonyl (C=O) groups excluding carboxylic acids is 1. The molecule has 0 aliphatic carbocycles. The Morgan fingerprint density at radius 1 is 1.35 bits per heavy atom. The van der Waals surface area contributed by atoms with E-state index in [1.807, 2.05) is 0 Å². The summed E-state index contributed by atoms with van der Waals surface area (Å²) >= 11 is 0. The van der Waals surface area contributed by atoms with E-state index in [9.17, 15) is 14.7 Å². The summed E-state index contributed by atoms with van der Waals surface area (Å²) in [5.41, 5.74) is -1.19. The molecule has 1 saturated heterocycles. The fourth-order valence-electron chi connectivity index (χ4n) is 2.50. The number of aliphatic carboxylic acids is 1. The van der Waals surface area contributed by atoms with Crippen LogP contribution in [0.3, 0.4) is 0 Å². The van der Waals surface area contributed by atoms with Crippen molar-refractivity contribution in [2.75, 3.05) is 33.2 Å². The predicted octanol–water partition coefficient (Wildman–Crippen LogP) is 1.22. The number of nitrogens with zero attached hydrogens (tertiary/aromatic N) is 2. The molecule has 2 amide bonds. The number of rotatable bonds is 5. The van der Waals surface area contributed by atoms with Crippen LogP contribution in [0.15, 0.2) is 0 Å². The number of hydrogen-bond donors (Lipinski definition) is 2. The van der Waals surface area contributed by atoms with E-state index in [0.29, 0.717) is 19.0 Å². The van der Waals surface area contributed by atoms with Gasteiger partial charge in [0.25, 0.3) is 0 Å². The van der Waals surface area contributed by atoms with Gasteiger partial charge in [-0.3, -0.25) is 0 Å². The molecule has 0 saturated carbocycles. The van der Waals surface area contributed by atoms with Gasteiger partial charge in [0, 0.05) is 13.1 Å². The molecule has 116 valence electrons. The second-order valence-corrected chi connectivity index (χ2v) is 6.04. The smallest absolute Gasteiger partial charge is 0.329 e. The first-order valence-corrected chi connectivity index (χ1v) is 7.26. The number of nitrogens with one attached hydrogen (secondary N) is 1. The van der Waals surface area contributed by atoms with E-state index in [2.05, 4.69) is 17.3 Å². The van der Waals surface area contributed by atoms with Crippen LogP contribution in [0.5, 0.6) is 0 Å². The number of likely N-dealkylation sites (N-methyl/N-ethyl adjacent to an activating group) is 1. The molecule has 2 N–H and O–H groups in total. The first-order valence-electron chi connectivity index (χ1n) is 7.26. The molecular formula is C14H27N3O3. The Balaban J connectivity index is 2.50. The van der Waals surface area contributed by atoms with Crippen LogP contribution < -0.4 is 5.32 Å². The summed E-state index contributed by atoms with van der Waals surface area (Å²) in [5, 5.41) is 12.1. The maximum Gasteiger partial charge on any atom is 0.329 e. The lowest BCUT2D eigenvalue weighted by Crippen LogP contribution is -2.56. The van der Waals surface area contributed by atoms with E-state index in [-0.39, 0.29) is 6.03 Å². The Hall–Kier alpha value is -1.30. The standard InChI is InChI=1S/C14H27N3O3/c1-5-17(14(2,3)12(18)19)13(20)15-10-11-6-8-16(4)9-7-11/h11H,5-10H2,1-4H3,(H,15,20)(H,18,19). The van der Waals surface area contributed by atoms with Crippen molar-refractivity contribution < 1.29 is 14.7 Å². The number of likely N-dealkylation sites (tertiary alicyclic amines) is 1. The molecule has 1 fully saturated rings. The van der Waals surface area contributed by atoms with Crippen LogP contribution >= 0.6 is 0 Å². The lowest BCUT2D eigenvalue weighted by Gasteiger charge is -2.35. The van der Waals surface area contributed by atoms with E-state index < -0.39 is 11.5 Å². The van der Waals surface area contributed by atoms with E-state index >= 15 is 0 Å². The van der Waals surface area contributed by atoms with Crippen molar-refractivity contribution in [1.82, 2.24) is 15.1 Å². The third-order valence-electron chi connectivity index (χ3n) is 4.14. The fraction of sp³-hybridized carbons (Fsp3) is 0.857. The molecule has 6 heteroatoms. The molecule has 0 spiro atoms. The first kappa shape index (κ1) is 16.8. The van der Waals surface area contributed by atoms with Crippen molar-refractivity contribution in [3.8, 4) is 0 Å². The van der Waals surface area contributed by atoms with Gasteiger partial charge in [-0.15, -0.1) is 0 Å². The number of carboxylic acid groups (broad SMARTS) is 1. The molecule has 20 heavy (non-hydrogen) atoms. The summed E-state index contributed by atoms with van der Waals surface area (Å²) in [6, 6.07) is -0.293. The van der Waals surface area contributed by atoms with Gasteiger partial charge in [-0.2, -0.15) is 0 Å². The molecule has 6 nitrogen and oxygen atoms in total. The van der Waals surface area contributed by atoms with Crippen LogP contribution in [0.4, 0.5) is 4.79 Å². The van der Waals surface area contributed by atoms with E-state index in [1.165, 1.54) is 4.90 Å². The number of amides is 2. The Bertz CT molecular complexity index is 350. The zero-order valence-electron chi connectivity index (χ0n) is 13.0. The molecule has 0 atom stereocenters. The number of carbonyl (C=O) groups is 2. The molecule has 0 aromatic carbocycles. The van der Waals surface area contributed by atoms with Gasteiger partial charge in [0.15, 0.2) is 0 Å². The van der Waals surface area contributed by atoms with Gasteiger partial charge in [0.2, 0.25) is 0 Å². The zero-order valence-corrected chi connectivity index (χ0v) is 13.0. The normalized spacial score (nSPS) is 17.8. The SMILES string of the molecule is CCN(C(=O)NCC1CCN(C)CC1)C(C)(C)C(=O)O. The summed E-state index contributed by atoms with van der Waals surface area (Å²) in [5.74, 6) is -0.504. The molecule has 0 radical (unpaired) electrons. The van der Waals surface area contributed by atoms with Crippen LogP contribution in [0.25, 0.3) is 0 Å². The third-order valence-corrected chi connectivity index (χ3v) is 4.14. The highest BCUT2D eigenvalue weighted by Crippen LogP contribution is 2.17. The van der Waals surface area contributed by atoms with Crippen LogP contribution in [0.1, 0.15) is 33.6 Å². The maximum atomic E-state index is 12.2. The van der Waals surface area contributed by atoms with Crippen molar-refractivity contribution in [3.05, 3.63) is 0 Å². The van der Waals surface area contributed by atoms with Gasteiger partial charge >= 0.3 is 12.0 Å². The zero-order chi connectivity index (χ0) is 15.3. The first-order chi connectivity index (χ1) is 9.28. The fourth-order valence-corrected chi connectivity index (χ4v) is 2.50. The highest BCUT2D eigenvalue weighted by atomic mass is 16.4. The van der Waals surface area contributed by atoms with Gasteiger partial charge in [0.05, 0.1) is 0 Å². The Labute approximate surface area is 121 Å². The molecule has 1 heterocycles. The largest absolute Gasteiger partial charge is 0.480 e. The summed E-state index contributed by atoms with van der Waals surface area (Å²) in [6.07, 6.45) is 2.15. The average Bonchev–Trinajstić information content (AvgIpc) is 2.38. The molecule has 1 aliphatic heterocycles. The number of urea groups is 1. The molecule has 0 aromatic heterocycles. The second-order valence-electron chi connectivity index (χ2n) is 6.04. The number of carboxylic acids is 1. The summed E-state index contributed by atoms with van der Waals surface area (Å²) in [4.78, 5) is 27.1. The van der Waals surface area contributed by atoms with Gasteiger partial charge < -0.3 is 20.2 Å². The third kappa shape index (κ3) is 4.10. The quantitative estimate of drug-likeness (QED) is 0.796. The van der Waals surface area contributed by atoms with E-state index in [4.69, 9.17) is 0 Å². The van der Waals surface area contributed by atoms with Gasteiger partial charge in [-0.05, 0) is 59.7 Å². The Morgan fingerprint density at radius 3 is 2.35 bits per heavy atom. The number of piperidine rings is 1. The van der Waals surface area contributed by atoms with Crippen LogP contribution in [-0.4, -0.2) is 65.7 Å². The van der Waals surface area contributed by atoms with Crippen molar-refractivity contribution >= 4 is 12.0 Å². The molecule has 1 aliphatic rings. The van der Waals surface area contributed by atoms with Gasteiger partial charge in [-0.25, -0.2) is 9.59 Å². The number of hydrogen-bond acceptors (Lipinski definition) is 3. The summed E-state index contributed by atoms with van der Waals surface area (Å²) in [7, 11) is 2.10. The highest BCUT2D eigenvalue weighted by Gasteiger charge is 2.37. The molecule has 0 aromatic rings. The lowest BCUT2D eigenvalue weighted by molar-refractivity contribution is -0.147. The Kier molecular flexibility index (Phi) is 5.80. The summed E-state index contributed by atoms with van der Waals surface area (Å²) in [6.45, 7) is 8.00. The molecular weight excluding hydrogens is 258 g/mol. The van der Waals surface area contributed by atoms with Crippen molar-refractivity contribution in [2.45, 2.75) is 39.2 Å². The van der Waals surface area contributed by atoms with Crippen molar-refractivity contribution in [2.24, 2.45) is 5.92 Å². The topological polar surface area (TPSA) is 72.9 Å². The maximum absolute atomic E-state index is 12.2. The molecule has 1 rings (SSSR count). The molecule has 0 unspecified atom stereocenters. The minimum absolute atomic E-state index is 0.293. The minimum Gasteiger partial charge on any atom is -0.480 e. The van der Waals surface area contributed by atoms with E-state index in [1.54, 1.807) is 20.8 Å². The average molecular weight is 285 g/mol. The Morgan fingerprint density at radius 2 is 1.90 bits per heavy atom. The highest BCUT2D eigenvalue weighted by molar-refractivity contribution is 5.85. The second kappa shape index (κ2) is 6.92. The lowest BCUT2D eigenvalue weighted by atomic mass is 9.97. The van der Waals surface area contributed by atoms with Gasteiger partial charge in [0.1, 0.15) is 5.54 Å². The van der Waals surface area contributed by atoms with Crippen LogP contribution in [-0.2, 0) is 4.79 Å². The minimum atomic E-state index is -1.19. The van der Waals surface area contributed by atoms with E-state index in [0.717, 1.165) is 25.9 Å². The monoisotopic (exact) mass is 285 g/mol. The molecule has 0 bridgehead atoms. The van der Waals surface area contributed by atoms with Crippen LogP contribution in [0, 0.1) is 5.92 Å². The van der Waals surface area contributed by atoms with Gasteiger partial charge in [-0.1, -0.05) is 0 Å².